The number of methoxy groups -OCH3 is 1. The molecule has 0 saturated carbocycles. The lowest BCUT2D eigenvalue weighted by atomic mass is 10.1. The van der Waals surface area contributed by atoms with Crippen molar-refractivity contribution in [3.63, 3.8) is 0 Å². The van der Waals surface area contributed by atoms with Crippen molar-refractivity contribution in [1.29, 1.82) is 0 Å². The quantitative estimate of drug-likeness (QED) is 0.828. The van der Waals surface area contributed by atoms with Gasteiger partial charge in [0.05, 0.1) is 6.61 Å². The van der Waals surface area contributed by atoms with E-state index in [9.17, 15) is 0 Å². The van der Waals surface area contributed by atoms with E-state index in [4.69, 9.17) is 4.74 Å². The highest BCUT2D eigenvalue weighted by atomic mass is 16.5. The van der Waals surface area contributed by atoms with Crippen molar-refractivity contribution >= 4 is 11.4 Å². The first kappa shape index (κ1) is 12.8. The predicted molar refractivity (Wildman–Crippen MR) is 70.5 cm³/mol. The molecule has 0 aromatic heterocycles. The summed E-state index contributed by atoms with van der Waals surface area (Å²) >= 11 is 0. The molecule has 1 rings (SSSR count). The highest BCUT2D eigenvalue weighted by Gasteiger charge is 2.05. The molecule has 0 radical (unpaired) electrons. The van der Waals surface area contributed by atoms with Crippen LogP contribution in [0.25, 0.3) is 0 Å². The normalized spacial score (nSPS) is 12.3. The molecule has 0 saturated heterocycles. The van der Waals surface area contributed by atoms with E-state index < -0.39 is 0 Å². The Bertz CT molecular complexity index is 337. The summed E-state index contributed by atoms with van der Waals surface area (Å²) < 4.78 is 5.11. The van der Waals surface area contributed by atoms with E-state index in [1.165, 1.54) is 16.9 Å². The van der Waals surface area contributed by atoms with Crippen LogP contribution in [0.2, 0.25) is 0 Å². The maximum atomic E-state index is 5.11. The molecule has 0 spiro atoms. The van der Waals surface area contributed by atoms with Gasteiger partial charge in [-0.3, -0.25) is 0 Å². The molecule has 0 heterocycles. The highest BCUT2D eigenvalue weighted by molar-refractivity contribution is 5.60. The highest BCUT2D eigenvalue weighted by Crippen LogP contribution is 2.21. The van der Waals surface area contributed by atoms with E-state index in [1.807, 2.05) is 0 Å². The van der Waals surface area contributed by atoms with Gasteiger partial charge in [0.25, 0.3) is 0 Å². The van der Waals surface area contributed by atoms with Crippen LogP contribution in [0.1, 0.15) is 12.5 Å². The Morgan fingerprint density at radius 1 is 1.38 bits per heavy atom. The van der Waals surface area contributed by atoms with Crippen LogP contribution < -0.4 is 10.2 Å². The topological polar surface area (TPSA) is 24.5 Å². The Hall–Kier alpha value is -1.22. The van der Waals surface area contributed by atoms with Gasteiger partial charge in [-0.1, -0.05) is 0 Å². The Morgan fingerprint density at radius 3 is 2.56 bits per heavy atom. The zero-order valence-electron chi connectivity index (χ0n) is 10.9. The van der Waals surface area contributed by atoms with Gasteiger partial charge in [-0.2, -0.15) is 0 Å². The molecule has 3 nitrogen and oxygen atoms in total. The molecule has 1 unspecified atom stereocenters. The van der Waals surface area contributed by atoms with Gasteiger partial charge < -0.3 is 15.0 Å². The summed E-state index contributed by atoms with van der Waals surface area (Å²) in [4.78, 5) is 2.11. The van der Waals surface area contributed by atoms with E-state index in [0.717, 1.165) is 6.61 Å². The van der Waals surface area contributed by atoms with Gasteiger partial charge in [0.15, 0.2) is 0 Å². The van der Waals surface area contributed by atoms with Gasteiger partial charge in [0.2, 0.25) is 0 Å². The first-order chi connectivity index (χ1) is 7.54. The summed E-state index contributed by atoms with van der Waals surface area (Å²) in [7, 11) is 5.82. The van der Waals surface area contributed by atoms with Gasteiger partial charge in [-0.05, 0) is 37.6 Å². The lowest BCUT2D eigenvalue weighted by Gasteiger charge is -2.19. The van der Waals surface area contributed by atoms with Crippen LogP contribution in [0.15, 0.2) is 18.2 Å². The van der Waals surface area contributed by atoms with Crippen LogP contribution in [-0.4, -0.2) is 33.9 Å². The molecule has 16 heavy (non-hydrogen) atoms. The number of nitrogens with one attached hydrogen (secondary N) is 1. The van der Waals surface area contributed by atoms with Gasteiger partial charge in [0.1, 0.15) is 0 Å². The number of anilines is 2. The summed E-state index contributed by atoms with van der Waals surface area (Å²) in [6.07, 6.45) is 0. The SMILES string of the molecule is COCC(C)Nc1ccc(N(C)C)cc1C. The van der Waals surface area contributed by atoms with E-state index in [0.29, 0.717) is 6.04 Å². The lowest BCUT2D eigenvalue weighted by Crippen LogP contribution is -2.21. The number of aryl methyl sites for hydroxylation is 1. The largest absolute Gasteiger partial charge is 0.383 e. The fourth-order valence-corrected chi connectivity index (χ4v) is 1.65. The van der Waals surface area contributed by atoms with Gasteiger partial charge in [-0.25, -0.2) is 0 Å². The molecule has 1 atom stereocenters. The summed E-state index contributed by atoms with van der Waals surface area (Å²) in [6.45, 7) is 4.95. The second-order valence-electron chi connectivity index (χ2n) is 4.39. The first-order valence-electron chi connectivity index (χ1n) is 5.58. The zero-order chi connectivity index (χ0) is 12.1. The van der Waals surface area contributed by atoms with Gasteiger partial charge in [-0.15, -0.1) is 0 Å². The summed E-state index contributed by atoms with van der Waals surface area (Å²) in [5.74, 6) is 0. The Balaban J connectivity index is 2.75. The van der Waals surface area contributed by atoms with Crippen LogP contribution in [-0.2, 0) is 4.74 Å². The molecule has 1 aromatic rings. The minimum atomic E-state index is 0.328. The third kappa shape index (κ3) is 3.42. The average Bonchev–Trinajstić information content (AvgIpc) is 2.21. The molecular weight excluding hydrogens is 200 g/mol. The maximum absolute atomic E-state index is 5.11. The standard InChI is InChI=1S/C13H22N2O/c1-10-8-12(15(3)4)6-7-13(10)14-11(2)9-16-5/h6-8,11,14H,9H2,1-5H3. The number of rotatable bonds is 5. The molecule has 1 N–H and O–H groups in total. The number of nitrogens with zero attached hydrogens (tertiary/aromatic N) is 1. The molecule has 90 valence electrons. The first-order valence-corrected chi connectivity index (χ1v) is 5.58. The average molecular weight is 222 g/mol. The van der Waals surface area contributed by atoms with Crippen LogP contribution >= 0.6 is 0 Å². The molecular formula is C13H22N2O. The number of hydrogen-bond acceptors (Lipinski definition) is 3. The van der Waals surface area contributed by atoms with Crippen molar-refractivity contribution in [1.82, 2.24) is 0 Å². The molecule has 0 bridgehead atoms. The second kappa shape index (κ2) is 5.75. The minimum absolute atomic E-state index is 0.328. The van der Waals surface area contributed by atoms with Crippen LogP contribution in [0, 0.1) is 6.92 Å². The van der Waals surface area contributed by atoms with E-state index in [2.05, 4.69) is 56.4 Å². The third-order valence-corrected chi connectivity index (χ3v) is 2.54. The van der Waals surface area contributed by atoms with Crippen molar-refractivity contribution < 1.29 is 4.74 Å². The Labute approximate surface area is 98.4 Å². The monoisotopic (exact) mass is 222 g/mol. The minimum Gasteiger partial charge on any atom is -0.383 e. The van der Waals surface area contributed by atoms with Crippen molar-refractivity contribution in [2.45, 2.75) is 19.9 Å². The summed E-state index contributed by atoms with van der Waals surface area (Å²) in [5.41, 5.74) is 3.66. The molecule has 0 aliphatic rings. The van der Waals surface area contributed by atoms with E-state index in [1.54, 1.807) is 7.11 Å². The summed E-state index contributed by atoms with van der Waals surface area (Å²) in [5, 5.41) is 3.43. The lowest BCUT2D eigenvalue weighted by molar-refractivity contribution is 0.190. The van der Waals surface area contributed by atoms with Crippen molar-refractivity contribution in [3.8, 4) is 0 Å². The molecule has 1 aromatic carbocycles. The van der Waals surface area contributed by atoms with Crippen LogP contribution in [0.5, 0.6) is 0 Å². The number of ether oxygens (including phenoxy) is 1. The van der Waals surface area contributed by atoms with Gasteiger partial charge in [0, 0.05) is 38.6 Å². The van der Waals surface area contributed by atoms with E-state index >= 15 is 0 Å². The summed E-state index contributed by atoms with van der Waals surface area (Å²) in [6, 6.07) is 6.75. The molecule has 0 amide bonds. The Morgan fingerprint density at radius 2 is 2.06 bits per heavy atom. The van der Waals surface area contributed by atoms with E-state index in [-0.39, 0.29) is 0 Å². The van der Waals surface area contributed by atoms with Crippen molar-refractivity contribution in [2.75, 3.05) is 38.0 Å². The fourth-order valence-electron chi connectivity index (χ4n) is 1.65. The fraction of sp³-hybridized carbons (Fsp3) is 0.538. The Kier molecular flexibility index (Phi) is 4.62. The molecule has 3 heteroatoms. The van der Waals surface area contributed by atoms with Crippen molar-refractivity contribution in [3.05, 3.63) is 23.8 Å². The molecule has 0 aliphatic heterocycles. The van der Waals surface area contributed by atoms with Crippen LogP contribution in [0.3, 0.4) is 0 Å². The van der Waals surface area contributed by atoms with Crippen molar-refractivity contribution in [2.24, 2.45) is 0 Å². The number of benzene rings is 1. The third-order valence-electron chi connectivity index (χ3n) is 2.54. The second-order valence-corrected chi connectivity index (χ2v) is 4.39. The van der Waals surface area contributed by atoms with Crippen LogP contribution in [0.4, 0.5) is 11.4 Å². The van der Waals surface area contributed by atoms with Gasteiger partial charge >= 0.3 is 0 Å². The molecule has 0 aliphatic carbocycles. The molecule has 0 fully saturated rings. The maximum Gasteiger partial charge on any atom is 0.0661 e. The number of hydrogen-bond donors (Lipinski definition) is 1. The predicted octanol–water partition coefficient (Wildman–Crippen LogP) is 2.51. The smallest absolute Gasteiger partial charge is 0.0661 e. The zero-order valence-corrected chi connectivity index (χ0v) is 10.9.